The maximum absolute atomic E-state index is 2.46. The molecular weight excluding hydrogens is 961 g/mol. The molecule has 0 radical (unpaired) electrons. The Kier molecular flexibility index (Phi) is 10.5. The first-order chi connectivity index (χ1) is 39.7. The van der Waals surface area contributed by atoms with E-state index < -0.39 is 5.41 Å². The van der Waals surface area contributed by atoms with Crippen LogP contribution in [0.4, 0.5) is 0 Å². The molecule has 0 saturated heterocycles. The normalized spacial score (nSPS) is 13.4. The van der Waals surface area contributed by atoms with Crippen molar-refractivity contribution in [3.63, 3.8) is 0 Å². The second-order valence-electron chi connectivity index (χ2n) is 21.8. The fourth-order valence-electron chi connectivity index (χ4n) is 14.4. The second-order valence-corrected chi connectivity index (χ2v) is 21.8. The van der Waals surface area contributed by atoms with Crippen LogP contribution in [0.3, 0.4) is 0 Å². The Morgan fingerprint density at radius 3 is 0.875 bits per heavy atom. The Balaban J connectivity index is 0.720. The minimum Gasteiger partial charge on any atom is -0.0622 e. The maximum Gasteiger partial charge on any atom is 0.0725 e. The molecule has 0 nitrogen and oxygen atoms in total. The molecule has 0 atom stereocenters. The smallest absolute Gasteiger partial charge is 0.0622 e. The molecule has 13 aromatic rings. The van der Waals surface area contributed by atoms with Crippen molar-refractivity contribution in [2.45, 2.75) is 10.8 Å². The molecule has 80 heavy (non-hydrogen) atoms. The molecule has 0 aromatic heterocycles. The molecule has 0 aliphatic heterocycles. The highest BCUT2D eigenvalue weighted by molar-refractivity contribution is 6.00. The van der Waals surface area contributed by atoms with Gasteiger partial charge in [-0.2, -0.15) is 0 Å². The van der Waals surface area contributed by atoms with Crippen molar-refractivity contribution in [1.29, 1.82) is 0 Å². The fourth-order valence-corrected chi connectivity index (χ4v) is 14.4. The third-order valence-corrected chi connectivity index (χ3v) is 17.8. The van der Waals surface area contributed by atoms with Crippen molar-refractivity contribution in [3.8, 4) is 100 Å². The van der Waals surface area contributed by atoms with Gasteiger partial charge >= 0.3 is 0 Å². The van der Waals surface area contributed by atoms with Crippen molar-refractivity contribution in [2.75, 3.05) is 0 Å². The van der Waals surface area contributed by atoms with E-state index in [9.17, 15) is 0 Å². The van der Waals surface area contributed by atoms with Crippen LogP contribution in [0.1, 0.15) is 44.5 Å². The Morgan fingerprint density at radius 1 is 0.150 bits per heavy atom. The van der Waals surface area contributed by atoms with Gasteiger partial charge in [-0.05, 0) is 181 Å². The molecule has 1 spiro atoms. The fraction of sp³-hybridized carbons (Fsp3) is 0.0250. The summed E-state index contributed by atoms with van der Waals surface area (Å²) in [5.74, 6) is 0. The van der Waals surface area contributed by atoms with E-state index in [4.69, 9.17) is 0 Å². The molecule has 0 bridgehead atoms. The number of hydrogen-bond donors (Lipinski definition) is 0. The van der Waals surface area contributed by atoms with Crippen LogP contribution < -0.4 is 0 Å². The van der Waals surface area contributed by atoms with Gasteiger partial charge in [-0.3, -0.25) is 0 Å². The lowest BCUT2D eigenvalue weighted by atomic mass is 9.67. The summed E-state index contributed by atoms with van der Waals surface area (Å²) >= 11 is 0. The molecule has 16 rings (SSSR count). The molecule has 0 fully saturated rings. The van der Waals surface area contributed by atoms with Crippen LogP contribution in [0.2, 0.25) is 0 Å². The van der Waals surface area contributed by atoms with Gasteiger partial charge in [-0.25, -0.2) is 0 Å². The summed E-state index contributed by atoms with van der Waals surface area (Å²) in [6.07, 6.45) is 0. The van der Waals surface area contributed by atoms with E-state index in [1.54, 1.807) is 0 Å². The van der Waals surface area contributed by atoms with Gasteiger partial charge in [0, 0.05) is 0 Å². The van der Waals surface area contributed by atoms with Gasteiger partial charge in [0.05, 0.1) is 10.8 Å². The van der Waals surface area contributed by atoms with Crippen LogP contribution in [0.15, 0.2) is 315 Å². The van der Waals surface area contributed by atoms with Crippen LogP contribution in [0.5, 0.6) is 0 Å². The lowest BCUT2D eigenvalue weighted by Crippen LogP contribution is -2.28. The lowest BCUT2D eigenvalue weighted by Gasteiger charge is -2.34. The molecule has 0 saturated carbocycles. The number of fused-ring (bicyclic) bond motifs is 13. The Morgan fingerprint density at radius 2 is 0.438 bits per heavy atom. The Labute approximate surface area is 468 Å². The van der Waals surface area contributed by atoms with E-state index in [0.29, 0.717) is 0 Å². The van der Waals surface area contributed by atoms with E-state index >= 15 is 0 Å². The molecule has 3 aliphatic carbocycles. The van der Waals surface area contributed by atoms with Crippen LogP contribution in [-0.4, -0.2) is 0 Å². The number of rotatable bonds is 8. The van der Waals surface area contributed by atoms with E-state index in [1.807, 2.05) is 0 Å². The van der Waals surface area contributed by atoms with Gasteiger partial charge in [-0.15, -0.1) is 0 Å². The minimum atomic E-state index is -0.448. The quantitative estimate of drug-likeness (QED) is 0.142. The first kappa shape index (κ1) is 46.0. The Bertz CT molecular complexity index is 4510. The lowest BCUT2D eigenvalue weighted by molar-refractivity contribution is 0.769. The minimum absolute atomic E-state index is 0.374. The summed E-state index contributed by atoms with van der Waals surface area (Å²) in [6, 6.07) is 118. The van der Waals surface area contributed by atoms with Crippen molar-refractivity contribution in [3.05, 3.63) is 360 Å². The van der Waals surface area contributed by atoms with Gasteiger partial charge in [-0.1, -0.05) is 279 Å². The van der Waals surface area contributed by atoms with Gasteiger partial charge in [0.1, 0.15) is 0 Å². The van der Waals surface area contributed by atoms with Crippen LogP contribution in [0.25, 0.3) is 100 Å². The number of benzene rings is 13. The molecule has 0 heterocycles. The second kappa shape index (κ2) is 18.2. The topological polar surface area (TPSA) is 0 Å². The largest absolute Gasteiger partial charge is 0.0725 e. The van der Waals surface area contributed by atoms with E-state index in [-0.39, 0.29) is 5.41 Å². The highest BCUT2D eigenvalue weighted by Crippen LogP contribution is 2.64. The van der Waals surface area contributed by atoms with Crippen molar-refractivity contribution in [1.82, 2.24) is 0 Å². The van der Waals surface area contributed by atoms with Crippen molar-refractivity contribution >= 4 is 0 Å². The zero-order valence-electron chi connectivity index (χ0n) is 44.0. The van der Waals surface area contributed by atoms with E-state index in [1.165, 1.54) is 145 Å². The number of hydrogen-bond acceptors (Lipinski definition) is 0. The molecule has 372 valence electrons. The van der Waals surface area contributed by atoms with Crippen molar-refractivity contribution in [2.24, 2.45) is 0 Å². The predicted molar refractivity (Wildman–Crippen MR) is 333 cm³/mol. The third-order valence-electron chi connectivity index (χ3n) is 17.8. The van der Waals surface area contributed by atoms with Crippen LogP contribution in [-0.2, 0) is 10.8 Å². The molecule has 0 N–H and O–H groups in total. The molecule has 0 heteroatoms. The van der Waals surface area contributed by atoms with E-state index in [0.717, 1.165) is 0 Å². The van der Waals surface area contributed by atoms with Gasteiger partial charge in [0.15, 0.2) is 0 Å². The SMILES string of the molecule is c1ccc(C2(c3ccccc3)c3ccccc3-c3ccc(-c4cccc(-c5cccc(-c6cccc(-c7cccc(-c8cccc(-c9cccc%10c9-c9ccccc9C%109c%10ccccc%10-c%10ccccc%109)c8)c7)c6)c5)c4)cc32)cc1. The summed E-state index contributed by atoms with van der Waals surface area (Å²) in [5, 5.41) is 0. The van der Waals surface area contributed by atoms with Crippen LogP contribution in [0, 0.1) is 0 Å². The summed E-state index contributed by atoms with van der Waals surface area (Å²) in [7, 11) is 0. The maximum atomic E-state index is 2.46. The summed E-state index contributed by atoms with van der Waals surface area (Å²) in [5.41, 5.74) is 32.1. The molecule has 3 aliphatic rings. The first-order valence-corrected chi connectivity index (χ1v) is 28.0. The predicted octanol–water partition coefficient (Wildman–Crippen LogP) is 20.4. The van der Waals surface area contributed by atoms with E-state index in [2.05, 4.69) is 315 Å². The Hall–Kier alpha value is -10.1. The average molecular weight is 1010 g/mol. The zero-order valence-corrected chi connectivity index (χ0v) is 44.0. The average Bonchev–Trinajstić information content (AvgIpc) is 3.84. The highest BCUT2D eigenvalue weighted by atomic mass is 14.5. The van der Waals surface area contributed by atoms with Crippen molar-refractivity contribution < 1.29 is 0 Å². The first-order valence-electron chi connectivity index (χ1n) is 28.0. The molecule has 0 amide bonds. The molecular formula is C80H52. The van der Waals surface area contributed by atoms with Gasteiger partial charge in [0.2, 0.25) is 0 Å². The zero-order chi connectivity index (χ0) is 52.8. The van der Waals surface area contributed by atoms with Gasteiger partial charge in [0.25, 0.3) is 0 Å². The van der Waals surface area contributed by atoms with Crippen LogP contribution >= 0.6 is 0 Å². The van der Waals surface area contributed by atoms with Gasteiger partial charge < -0.3 is 0 Å². The molecule has 13 aromatic carbocycles. The monoisotopic (exact) mass is 1010 g/mol. The summed E-state index contributed by atoms with van der Waals surface area (Å²) in [6.45, 7) is 0. The standard InChI is InChI=1S/C80H52/c1-3-31-64(32-4-1)79(65-33-5-2-6-34-65)72-40-11-7-37-69(72)70-46-45-62(52-77(70)79)60-28-18-26-58(50-60)56-24-16-22-54(48-56)53-21-15-23-55(47-53)57-25-17-27-59(49-57)61-29-19-30-63(51-61)66-39-20-44-76-78(66)71-38-10-14-43-75(71)80(76)73-41-12-8-35-67(73)68-36-9-13-42-74(68)80/h1-52H. The summed E-state index contributed by atoms with van der Waals surface area (Å²) in [4.78, 5) is 0. The molecule has 0 unspecified atom stereocenters. The highest BCUT2D eigenvalue weighted by Gasteiger charge is 2.52. The third kappa shape index (κ3) is 6.82. The summed E-state index contributed by atoms with van der Waals surface area (Å²) < 4.78 is 0.